The zero-order valence-corrected chi connectivity index (χ0v) is 13.9. The Kier molecular flexibility index (Phi) is 5.33. The van der Waals surface area contributed by atoms with Crippen molar-refractivity contribution in [3.63, 3.8) is 0 Å². The van der Waals surface area contributed by atoms with Gasteiger partial charge in [0.15, 0.2) is 0 Å². The number of benzene rings is 1. The van der Waals surface area contributed by atoms with Crippen LogP contribution in [0.1, 0.15) is 18.0 Å². The van der Waals surface area contributed by atoms with E-state index in [1.54, 1.807) is 12.5 Å². The van der Waals surface area contributed by atoms with Crippen molar-refractivity contribution in [2.24, 2.45) is 0 Å². The third-order valence-electron chi connectivity index (χ3n) is 3.87. The summed E-state index contributed by atoms with van der Waals surface area (Å²) in [7, 11) is 0. The Bertz CT molecular complexity index is 751. The molecule has 5 nitrogen and oxygen atoms in total. The van der Waals surface area contributed by atoms with Gasteiger partial charge in [-0.3, -0.25) is 4.79 Å². The van der Waals surface area contributed by atoms with Crippen molar-refractivity contribution in [2.45, 2.75) is 19.0 Å². The average Bonchev–Trinajstić information content (AvgIpc) is 3.27. The molecule has 0 unspecified atom stereocenters. The molecule has 0 saturated heterocycles. The van der Waals surface area contributed by atoms with Gasteiger partial charge in [0.2, 0.25) is 5.91 Å². The molecule has 0 aliphatic heterocycles. The van der Waals surface area contributed by atoms with E-state index in [2.05, 4.69) is 10.3 Å². The van der Waals surface area contributed by atoms with Gasteiger partial charge in [-0.05, 0) is 29.8 Å². The van der Waals surface area contributed by atoms with Gasteiger partial charge in [0.1, 0.15) is 0 Å². The van der Waals surface area contributed by atoms with Gasteiger partial charge in [-0.2, -0.15) is 0 Å². The van der Waals surface area contributed by atoms with Gasteiger partial charge in [-0.15, -0.1) is 0 Å². The molecule has 3 aromatic rings. The Balaban J connectivity index is 1.63. The molecule has 1 N–H and O–H groups in total. The molecule has 0 saturated carbocycles. The molecule has 2 aromatic heterocycles. The number of hydrogen-bond donors (Lipinski definition) is 1. The van der Waals surface area contributed by atoms with Crippen molar-refractivity contribution >= 4 is 17.5 Å². The Morgan fingerprint density at radius 2 is 1.92 bits per heavy atom. The maximum Gasteiger partial charge on any atom is 0.222 e. The van der Waals surface area contributed by atoms with Crippen molar-refractivity contribution in [1.82, 2.24) is 19.4 Å². The fraction of sp³-hybridized carbons (Fsp3) is 0.222. The van der Waals surface area contributed by atoms with Crippen LogP contribution in [0.2, 0.25) is 5.02 Å². The van der Waals surface area contributed by atoms with Crippen LogP contribution >= 0.6 is 11.6 Å². The molecule has 0 aliphatic carbocycles. The van der Waals surface area contributed by atoms with Gasteiger partial charge in [0.25, 0.3) is 0 Å². The summed E-state index contributed by atoms with van der Waals surface area (Å²) in [5.74, 6) is 0.0174. The molecule has 3 rings (SSSR count). The summed E-state index contributed by atoms with van der Waals surface area (Å²) in [6.45, 7) is 1.29. The molecule has 0 spiro atoms. The Morgan fingerprint density at radius 3 is 2.58 bits per heavy atom. The zero-order valence-electron chi connectivity index (χ0n) is 13.2. The van der Waals surface area contributed by atoms with Gasteiger partial charge in [0, 0.05) is 42.9 Å². The van der Waals surface area contributed by atoms with Gasteiger partial charge < -0.3 is 14.5 Å². The summed E-state index contributed by atoms with van der Waals surface area (Å²) in [6.07, 6.45) is 9.66. The Morgan fingerprint density at radius 1 is 1.17 bits per heavy atom. The fourth-order valence-electron chi connectivity index (χ4n) is 2.63. The number of amides is 1. The molecule has 124 valence electrons. The van der Waals surface area contributed by atoms with E-state index in [1.165, 1.54) is 0 Å². The summed E-state index contributed by atoms with van der Waals surface area (Å²) >= 11 is 5.97. The number of nitrogens with zero attached hydrogens (tertiary/aromatic N) is 3. The van der Waals surface area contributed by atoms with Crippen molar-refractivity contribution in [2.75, 3.05) is 6.54 Å². The summed E-state index contributed by atoms with van der Waals surface area (Å²) < 4.78 is 3.97. The Hall–Kier alpha value is -2.53. The first kappa shape index (κ1) is 16.3. The number of rotatable bonds is 7. The average molecular weight is 343 g/mol. The topological polar surface area (TPSA) is 51.9 Å². The van der Waals surface area contributed by atoms with Crippen molar-refractivity contribution in [1.29, 1.82) is 0 Å². The number of halogens is 1. The maximum absolute atomic E-state index is 12.3. The number of aromatic nitrogens is 3. The standard InChI is InChI=1S/C18H19ClN4O/c19-16-5-3-15(4-6-16)17(23-9-1-2-10-23)13-18(24)21-8-12-22-11-7-20-14-22/h1-7,9-11,14,17H,8,12-13H2,(H,21,24)/t17-/m0/s1. The normalized spacial score (nSPS) is 12.0. The monoisotopic (exact) mass is 342 g/mol. The molecular formula is C18H19ClN4O. The van der Waals surface area contributed by atoms with Crippen molar-refractivity contribution in [3.05, 3.63) is 78.1 Å². The molecule has 1 aromatic carbocycles. The molecule has 1 atom stereocenters. The van der Waals surface area contributed by atoms with E-state index in [1.807, 2.05) is 64.1 Å². The van der Waals surface area contributed by atoms with Gasteiger partial charge in [0.05, 0.1) is 18.8 Å². The van der Waals surface area contributed by atoms with Crippen LogP contribution in [0.4, 0.5) is 0 Å². The predicted octanol–water partition coefficient (Wildman–Crippen LogP) is 3.13. The highest BCUT2D eigenvalue weighted by molar-refractivity contribution is 6.30. The summed E-state index contributed by atoms with van der Waals surface area (Å²) in [5.41, 5.74) is 1.06. The molecule has 1 amide bonds. The molecule has 0 fully saturated rings. The lowest BCUT2D eigenvalue weighted by molar-refractivity contribution is -0.121. The lowest BCUT2D eigenvalue weighted by Gasteiger charge is -2.19. The van der Waals surface area contributed by atoms with Crippen molar-refractivity contribution < 1.29 is 4.79 Å². The van der Waals surface area contributed by atoms with Gasteiger partial charge in [-0.25, -0.2) is 4.98 Å². The highest BCUT2D eigenvalue weighted by atomic mass is 35.5. The lowest BCUT2D eigenvalue weighted by Crippen LogP contribution is -2.29. The first-order chi connectivity index (χ1) is 11.7. The second kappa shape index (κ2) is 7.84. The zero-order chi connectivity index (χ0) is 16.8. The second-order valence-electron chi connectivity index (χ2n) is 5.55. The first-order valence-electron chi connectivity index (χ1n) is 7.83. The third kappa shape index (κ3) is 4.26. The highest BCUT2D eigenvalue weighted by Crippen LogP contribution is 2.23. The number of nitrogens with one attached hydrogen (secondary N) is 1. The highest BCUT2D eigenvalue weighted by Gasteiger charge is 2.17. The van der Waals surface area contributed by atoms with E-state index in [0.717, 1.165) is 5.56 Å². The minimum atomic E-state index is -0.0505. The third-order valence-corrected chi connectivity index (χ3v) is 4.12. The largest absolute Gasteiger partial charge is 0.354 e. The van der Waals surface area contributed by atoms with E-state index in [0.29, 0.717) is 24.5 Å². The molecule has 6 heteroatoms. The Labute approximate surface area is 145 Å². The molecule has 0 bridgehead atoms. The molecule has 0 aliphatic rings. The maximum atomic E-state index is 12.3. The minimum Gasteiger partial charge on any atom is -0.354 e. The van der Waals surface area contributed by atoms with E-state index in [4.69, 9.17) is 11.6 Å². The van der Waals surface area contributed by atoms with Gasteiger partial charge in [-0.1, -0.05) is 23.7 Å². The summed E-state index contributed by atoms with van der Waals surface area (Å²) in [4.78, 5) is 16.3. The van der Waals surface area contributed by atoms with Crippen LogP contribution in [-0.4, -0.2) is 26.6 Å². The number of imidazole rings is 1. The van der Waals surface area contributed by atoms with E-state index in [9.17, 15) is 4.79 Å². The molecule has 0 radical (unpaired) electrons. The van der Waals surface area contributed by atoms with Crippen LogP contribution in [-0.2, 0) is 11.3 Å². The summed E-state index contributed by atoms with van der Waals surface area (Å²) in [6, 6.07) is 11.5. The van der Waals surface area contributed by atoms with E-state index in [-0.39, 0.29) is 11.9 Å². The SMILES string of the molecule is O=C(C[C@@H](c1ccc(Cl)cc1)n1cccc1)NCCn1ccnc1. The summed E-state index contributed by atoms with van der Waals surface area (Å²) in [5, 5.41) is 3.66. The van der Waals surface area contributed by atoms with Crippen LogP contribution in [0.25, 0.3) is 0 Å². The quantitative estimate of drug-likeness (QED) is 0.717. The van der Waals surface area contributed by atoms with Crippen LogP contribution in [0.5, 0.6) is 0 Å². The van der Waals surface area contributed by atoms with E-state index < -0.39 is 0 Å². The predicted molar refractivity (Wildman–Crippen MR) is 93.9 cm³/mol. The van der Waals surface area contributed by atoms with Crippen LogP contribution in [0.3, 0.4) is 0 Å². The number of carbonyl (C=O) groups excluding carboxylic acids is 1. The smallest absolute Gasteiger partial charge is 0.222 e. The molecule has 24 heavy (non-hydrogen) atoms. The van der Waals surface area contributed by atoms with Crippen LogP contribution in [0.15, 0.2) is 67.5 Å². The van der Waals surface area contributed by atoms with E-state index >= 15 is 0 Å². The molecule has 2 heterocycles. The number of hydrogen-bond acceptors (Lipinski definition) is 2. The lowest BCUT2D eigenvalue weighted by atomic mass is 10.0. The minimum absolute atomic E-state index is 0.0174. The van der Waals surface area contributed by atoms with Crippen LogP contribution < -0.4 is 5.32 Å². The van der Waals surface area contributed by atoms with Crippen LogP contribution in [0, 0.1) is 0 Å². The first-order valence-corrected chi connectivity index (χ1v) is 8.20. The fourth-order valence-corrected chi connectivity index (χ4v) is 2.75. The number of carbonyl (C=O) groups is 1. The van der Waals surface area contributed by atoms with Gasteiger partial charge >= 0.3 is 0 Å². The molecular weight excluding hydrogens is 324 g/mol. The second-order valence-corrected chi connectivity index (χ2v) is 5.99. The van der Waals surface area contributed by atoms with Crippen molar-refractivity contribution in [3.8, 4) is 0 Å².